The zero-order valence-corrected chi connectivity index (χ0v) is 9.01. The molecule has 0 fully saturated rings. The average molecular weight is 256 g/mol. The lowest BCUT2D eigenvalue weighted by Crippen LogP contribution is -2.16. The molecule has 0 saturated heterocycles. The van der Waals surface area contributed by atoms with Crippen LogP contribution in [0.1, 0.15) is 0 Å². The van der Waals surface area contributed by atoms with Crippen molar-refractivity contribution in [2.75, 3.05) is 0 Å². The maximum Gasteiger partial charge on any atom is 0.261 e. The molecule has 0 aliphatic heterocycles. The third-order valence-corrected chi connectivity index (χ3v) is 2.83. The quantitative estimate of drug-likeness (QED) is 0.709. The molecule has 0 aliphatic carbocycles. The van der Waals surface area contributed by atoms with Gasteiger partial charge in [0.1, 0.15) is 5.82 Å². The van der Waals surface area contributed by atoms with Crippen LogP contribution in [0.15, 0.2) is 33.7 Å². The van der Waals surface area contributed by atoms with Crippen molar-refractivity contribution in [3.63, 3.8) is 0 Å². The Bertz CT molecular complexity index is 562. The number of fused-ring (bicyclic) bond motifs is 1. The average Bonchev–Trinajstić information content (AvgIpc) is 2.16. The number of rotatable bonds is 0. The monoisotopic (exact) mass is 255 g/mol. The van der Waals surface area contributed by atoms with E-state index in [2.05, 4.69) is 15.9 Å². The third kappa shape index (κ3) is 1.26. The predicted molar refractivity (Wildman–Crippen MR) is 56.8 cm³/mol. The lowest BCUT2D eigenvalue weighted by Gasteiger charge is -2.03. The summed E-state index contributed by atoms with van der Waals surface area (Å²) in [5.41, 5.74) is -0.318. The first-order chi connectivity index (χ1) is 6.61. The van der Waals surface area contributed by atoms with Crippen molar-refractivity contribution in [2.45, 2.75) is 0 Å². The van der Waals surface area contributed by atoms with Gasteiger partial charge in [0.25, 0.3) is 5.56 Å². The molecule has 0 saturated carbocycles. The fraction of sp³-hybridized carbons (Fsp3) is 0.100. The van der Waals surface area contributed by atoms with Crippen LogP contribution in [-0.2, 0) is 7.05 Å². The molecule has 0 bridgehead atoms. The second-order valence-corrected chi connectivity index (χ2v) is 3.90. The Labute approximate surface area is 88.1 Å². The van der Waals surface area contributed by atoms with Crippen LogP contribution in [0.4, 0.5) is 4.39 Å². The van der Waals surface area contributed by atoms with E-state index in [1.807, 2.05) is 0 Å². The number of nitrogens with zero attached hydrogens (tertiary/aromatic N) is 1. The summed E-state index contributed by atoms with van der Waals surface area (Å²) in [5.74, 6) is -0.482. The van der Waals surface area contributed by atoms with Gasteiger partial charge in [-0.05, 0) is 18.2 Å². The van der Waals surface area contributed by atoms with Crippen LogP contribution >= 0.6 is 15.9 Å². The Hall–Kier alpha value is -1.16. The molecule has 0 N–H and O–H groups in total. The highest BCUT2D eigenvalue weighted by Gasteiger charge is 2.08. The fourth-order valence-electron chi connectivity index (χ4n) is 1.38. The van der Waals surface area contributed by atoms with E-state index >= 15 is 0 Å². The minimum absolute atomic E-state index is 0.129. The highest BCUT2D eigenvalue weighted by atomic mass is 79.9. The van der Waals surface area contributed by atoms with Crippen LogP contribution in [0, 0.1) is 5.82 Å². The van der Waals surface area contributed by atoms with E-state index in [-0.39, 0.29) is 10.9 Å². The van der Waals surface area contributed by atoms with E-state index in [4.69, 9.17) is 0 Å². The Kier molecular flexibility index (Phi) is 2.15. The molecule has 2 rings (SSSR count). The van der Waals surface area contributed by atoms with E-state index < -0.39 is 5.82 Å². The first kappa shape index (κ1) is 9.40. The Morgan fingerprint density at radius 1 is 1.36 bits per heavy atom. The highest BCUT2D eigenvalue weighted by molar-refractivity contribution is 9.10. The molecule has 72 valence electrons. The smallest absolute Gasteiger partial charge is 0.261 e. The number of aryl methyl sites for hydroxylation is 1. The number of hydrogen-bond acceptors (Lipinski definition) is 1. The molecular formula is C10H7BrFNO. The number of aromatic nitrogens is 1. The summed E-state index contributed by atoms with van der Waals surface area (Å²) in [6.07, 6.45) is 1.62. The molecule has 0 amide bonds. The van der Waals surface area contributed by atoms with E-state index in [9.17, 15) is 9.18 Å². The first-order valence-corrected chi connectivity index (χ1v) is 4.84. The number of benzene rings is 1. The molecule has 1 aromatic heterocycles. The lowest BCUT2D eigenvalue weighted by atomic mass is 10.1. The third-order valence-electron chi connectivity index (χ3n) is 2.14. The van der Waals surface area contributed by atoms with Gasteiger partial charge in [0.15, 0.2) is 0 Å². The second-order valence-electron chi connectivity index (χ2n) is 3.05. The van der Waals surface area contributed by atoms with Gasteiger partial charge < -0.3 is 4.57 Å². The molecule has 2 nitrogen and oxygen atoms in total. The summed E-state index contributed by atoms with van der Waals surface area (Å²) in [7, 11) is 1.60. The van der Waals surface area contributed by atoms with Crippen LogP contribution in [0.5, 0.6) is 0 Å². The minimum Gasteiger partial charge on any atom is -0.318 e. The molecule has 0 atom stereocenters. The van der Waals surface area contributed by atoms with Crippen LogP contribution in [0.3, 0.4) is 0 Å². The SMILES string of the molecule is Cn1ccc2c(Br)ccc(F)c2c1=O. The van der Waals surface area contributed by atoms with Crippen LogP contribution < -0.4 is 5.56 Å². The van der Waals surface area contributed by atoms with Gasteiger partial charge in [-0.3, -0.25) is 4.79 Å². The Morgan fingerprint density at radius 3 is 2.79 bits per heavy atom. The number of hydrogen-bond donors (Lipinski definition) is 0. The molecular weight excluding hydrogens is 249 g/mol. The van der Waals surface area contributed by atoms with Gasteiger partial charge in [0.05, 0.1) is 5.39 Å². The lowest BCUT2D eigenvalue weighted by molar-refractivity contribution is 0.637. The molecule has 0 radical (unpaired) electrons. The number of pyridine rings is 1. The normalized spacial score (nSPS) is 10.8. The summed E-state index contributed by atoms with van der Waals surface area (Å²) >= 11 is 3.27. The van der Waals surface area contributed by atoms with Gasteiger partial charge in [-0.1, -0.05) is 15.9 Å². The summed E-state index contributed by atoms with van der Waals surface area (Å²) in [4.78, 5) is 11.6. The molecule has 0 spiro atoms. The summed E-state index contributed by atoms with van der Waals surface area (Å²) < 4.78 is 15.5. The molecule has 14 heavy (non-hydrogen) atoms. The maximum atomic E-state index is 13.4. The molecule has 2 aromatic rings. The molecule has 0 aliphatic rings. The zero-order valence-electron chi connectivity index (χ0n) is 7.42. The van der Waals surface area contributed by atoms with E-state index in [1.165, 1.54) is 10.6 Å². The second kappa shape index (κ2) is 3.20. The minimum atomic E-state index is -0.482. The topological polar surface area (TPSA) is 22.0 Å². The predicted octanol–water partition coefficient (Wildman–Crippen LogP) is 2.44. The van der Waals surface area contributed by atoms with Gasteiger partial charge in [0.2, 0.25) is 0 Å². The van der Waals surface area contributed by atoms with Crippen LogP contribution in [-0.4, -0.2) is 4.57 Å². The molecule has 1 aromatic carbocycles. The van der Waals surface area contributed by atoms with Crippen LogP contribution in [0.25, 0.3) is 10.8 Å². The van der Waals surface area contributed by atoms with Crippen molar-refractivity contribution in [1.82, 2.24) is 4.57 Å². The molecule has 4 heteroatoms. The highest BCUT2D eigenvalue weighted by Crippen LogP contribution is 2.23. The van der Waals surface area contributed by atoms with E-state index in [0.29, 0.717) is 5.39 Å². The summed E-state index contributed by atoms with van der Waals surface area (Å²) in [6.45, 7) is 0. The first-order valence-electron chi connectivity index (χ1n) is 4.04. The van der Waals surface area contributed by atoms with Gasteiger partial charge >= 0.3 is 0 Å². The number of halogens is 2. The summed E-state index contributed by atoms with van der Waals surface area (Å²) in [6, 6.07) is 4.59. The largest absolute Gasteiger partial charge is 0.318 e. The molecule has 0 unspecified atom stereocenters. The van der Waals surface area contributed by atoms with Gasteiger partial charge in [-0.25, -0.2) is 4.39 Å². The summed E-state index contributed by atoms with van der Waals surface area (Å²) in [5, 5.41) is 0.734. The van der Waals surface area contributed by atoms with Crippen molar-refractivity contribution < 1.29 is 4.39 Å². The van der Waals surface area contributed by atoms with E-state index in [1.54, 1.807) is 25.4 Å². The molecule has 1 heterocycles. The van der Waals surface area contributed by atoms with Crippen molar-refractivity contribution in [3.05, 3.63) is 45.0 Å². The van der Waals surface area contributed by atoms with Crippen molar-refractivity contribution >= 4 is 26.7 Å². The Balaban J connectivity index is 3.09. The van der Waals surface area contributed by atoms with Gasteiger partial charge in [-0.15, -0.1) is 0 Å². The van der Waals surface area contributed by atoms with E-state index in [0.717, 1.165) is 4.47 Å². The maximum absolute atomic E-state index is 13.4. The van der Waals surface area contributed by atoms with Crippen LogP contribution in [0.2, 0.25) is 0 Å². The fourth-order valence-corrected chi connectivity index (χ4v) is 1.84. The van der Waals surface area contributed by atoms with Crippen molar-refractivity contribution in [2.24, 2.45) is 7.05 Å². The van der Waals surface area contributed by atoms with Crippen molar-refractivity contribution in [1.29, 1.82) is 0 Å². The Morgan fingerprint density at radius 2 is 2.07 bits per heavy atom. The standard InChI is InChI=1S/C10H7BrFNO/c1-13-5-4-6-7(11)2-3-8(12)9(6)10(13)14/h2-5H,1H3. The van der Waals surface area contributed by atoms with Gasteiger partial charge in [-0.2, -0.15) is 0 Å². The van der Waals surface area contributed by atoms with Crippen molar-refractivity contribution in [3.8, 4) is 0 Å². The zero-order chi connectivity index (χ0) is 10.3. The van der Waals surface area contributed by atoms with Gasteiger partial charge in [0, 0.05) is 23.1 Å².